The maximum atomic E-state index is 12.5. The number of hydrogen-bond acceptors (Lipinski definition) is 4. The van der Waals surface area contributed by atoms with Crippen molar-refractivity contribution >= 4 is 16.9 Å². The lowest BCUT2D eigenvalue weighted by atomic mass is 9.84. The Morgan fingerprint density at radius 2 is 1.81 bits per heavy atom. The summed E-state index contributed by atoms with van der Waals surface area (Å²) in [5.74, 6) is -0.414. The summed E-state index contributed by atoms with van der Waals surface area (Å²) in [6.45, 7) is 8.10. The van der Waals surface area contributed by atoms with Crippen LogP contribution in [0.1, 0.15) is 49.3 Å². The normalized spacial score (nSPS) is 12.3. The highest BCUT2D eigenvalue weighted by atomic mass is 19.4. The standard InChI is InChI=1S/C19H22F3NO3/c1-6-25-17(24)15-7-11(2)13-8-12(26-10-19(20,21)22)9-14(16(13)23-15)18(3,4)5/h7-9H,6,10H2,1-5H3. The summed E-state index contributed by atoms with van der Waals surface area (Å²) >= 11 is 0. The highest BCUT2D eigenvalue weighted by molar-refractivity contribution is 5.94. The lowest BCUT2D eigenvalue weighted by Crippen LogP contribution is -2.20. The quantitative estimate of drug-likeness (QED) is 0.715. The summed E-state index contributed by atoms with van der Waals surface area (Å²) in [7, 11) is 0. The second kappa shape index (κ2) is 7.13. The molecule has 26 heavy (non-hydrogen) atoms. The van der Waals surface area contributed by atoms with E-state index in [9.17, 15) is 18.0 Å². The Morgan fingerprint density at radius 3 is 2.35 bits per heavy atom. The molecule has 0 atom stereocenters. The Kier molecular flexibility index (Phi) is 5.49. The van der Waals surface area contributed by atoms with Gasteiger partial charge in [-0.05, 0) is 48.6 Å². The first-order valence-electron chi connectivity index (χ1n) is 8.25. The molecule has 0 amide bonds. The number of carbonyl (C=O) groups is 1. The van der Waals surface area contributed by atoms with Gasteiger partial charge in [-0.25, -0.2) is 9.78 Å². The highest BCUT2D eigenvalue weighted by Gasteiger charge is 2.29. The van der Waals surface area contributed by atoms with E-state index in [-0.39, 0.29) is 18.1 Å². The van der Waals surface area contributed by atoms with E-state index in [1.54, 1.807) is 26.0 Å². The molecule has 1 aromatic heterocycles. The van der Waals surface area contributed by atoms with Gasteiger partial charge in [0, 0.05) is 5.39 Å². The molecule has 4 nitrogen and oxygen atoms in total. The largest absolute Gasteiger partial charge is 0.484 e. The fourth-order valence-corrected chi connectivity index (χ4v) is 2.59. The van der Waals surface area contributed by atoms with Crippen LogP contribution >= 0.6 is 0 Å². The predicted molar refractivity (Wildman–Crippen MR) is 92.7 cm³/mol. The molecule has 142 valence electrons. The molecular weight excluding hydrogens is 347 g/mol. The van der Waals surface area contributed by atoms with Gasteiger partial charge in [-0.2, -0.15) is 13.2 Å². The number of carbonyl (C=O) groups excluding carboxylic acids is 1. The SMILES string of the molecule is CCOC(=O)c1cc(C)c2cc(OCC(F)(F)F)cc(C(C)(C)C)c2n1. The number of aromatic nitrogens is 1. The fourth-order valence-electron chi connectivity index (χ4n) is 2.59. The van der Waals surface area contributed by atoms with Gasteiger partial charge in [0.05, 0.1) is 12.1 Å². The van der Waals surface area contributed by atoms with Crippen molar-refractivity contribution < 1.29 is 27.4 Å². The van der Waals surface area contributed by atoms with Gasteiger partial charge >= 0.3 is 12.1 Å². The van der Waals surface area contributed by atoms with Crippen LogP contribution < -0.4 is 4.74 Å². The van der Waals surface area contributed by atoms with E-state index in [2.05, 4.69) is 4.98 Å². The fraction of sp³-hybridized carbons (Fsp3) is 0.474. The van der Waals surface area contributed by atoms with Gasteiger partial charge in [-0.1, -0.05) is 20.8 Å². The van der Waals surface area contributed by atoms with Gasteiger partial charge in [-0.15, -0.1) is 0 Å². The van der Waals surface area contributed by atoms with E-state index in [1.807, 2.05) is 20.8 Å². The van der Waals surface area contributed by atoms with Gasteiger partial charge in [0.25, 0.3) is 0 Å². The average molecular weight is 369 g/mol. The van der Waals surface area contributed by atoms with Gasteiger partial charge in [0.15, 0.2) is 6.61 Å². The minimum Gasteiger partial charge on any atom is -0.484 e. The molecule has 2 rings (SSSR count). The summed E-state index contributed by atoms with van der Waals surface area (Å²) in [6, 6.07) is 4.64. The topological polar surface area (TPSA) is 48.4 Å². The molecular formula is C19H22F3NO3. The minimum atomic E-state index is -4.42. The summed E-state index contributed by atoms with van der Waals surface area (Å²) in [5.41, 5.74) is 1.72. The summed E-state index contributed by atoms with van der Waals surface area (Å²) in [5, 5.41) is 0.641. The Hall–Kier alpha value is -2.31. The van der Waals surface area contributed by atoms with E-state index < -0.39 is 24.2 Å². The molecule has 0 aliphatic rings. The molecule has 7 heteroatoms. The van der Waals surface area contributed by atoms with Crippen molar-refractivity contribution in [3.8, 4) is 5.75 Å². The van der Waals surface area contributed by atoms with Crippen LogP contribution in [0, 0.1) is 6.92 Å². The van der Waals surface area contributed by atoms with Crippen molar-refractivity contribution in [1.82, 2.24) is 4.98 Å². The van der Waals surface area contributed by atoms with Crippen molar-refractivity contribution in [3.05, 3.63) is 35.0 Å². The third-order valence-corrected chi connectivity index (χ3v) is 3.79. The smallest absolute Gasteiger partial charge is 0.422 e. The molecule has 0 bridgehead atoms. The van der Waals surface area contributed by atoms with Crippen LogP contribution in [0.5, 0.6) is 5.75 Å². The lowest BCUT2D eigenvalue weighted by molar-refractivity contribution is -0.153. The number of pyridine rings is 1. The number of alkyl halides is 3. The Labute approximate surface area is 150 Å². The third-order valence-electron chi connectivity index (χ3n) is 3.79. The molecule has 0 aliphatic carbocycles. The van der Waals surface area contributed by atoms with Crippen LogP contribution in [0.15, 0.2) is 18.2 Å². The number of fused-ring (bicyclic) bond motifs is 1. The molecule has 0 saturated heterocycles. The van der Waals surface area contributed by atoms with Gasteiger partial charge in [0.2, 0.25) is 0 Å². The maximum Gasteiger partial charge on any atom is 0.422 e. The van der Waals surface area contributed by atoms with Gasteiger partial charge in [-0.3, -0.25) is 0 Å². The number of esters is 1. The van der Waals surface area contributed by atoms with Crippen LogP contribution in [-0.4, -0.2) is 30.3 Å². The summed E-state index contributed by atoms with van der Waals surface area (Å²) in [6.07, 6.45) is -4.42. The van der Waals surface area contributed by atoms with Crippen molar-refractivity contribution in [2.24, 2.45) is 0 Å². The molecule has 0 radical (unpaired) electrons. The predicted octanol–water partition coefficient (Wildman–Crippen LogP) is 4.96. The molecule has 0 unspecified atom stereocenters. The van der Waals surface area contributed by atoms with Crippen LogP contribution in [-0.2, 0) is 10.2 Å². The Morgan fingerprint density at radius 1 is 1.15 bits per heavy atom. The number of ether oxygens (including phenoxy) is 2. The number of benzene rings is 1. The van der Waals surface area contributed by atoms with Gasteiger partial charge in [0.1, 0.15) is 11.4 Å². The number of aryl methyl sites for hydroxylation is 1. The average Bonchev–Trinajstić information content (AvgIpc) is 2.51. The zero-order valence-corrected chi connectivity index (χ0v) is 15.5. The third kappa shape index (κ3) is 4.65. The first kappa shape index (κ1) is 20.0. The second-order valence-corrected chi connectivity index (χ2v) is 7.07. The zero-order valence-electron chi connectivity index (χ0n) is 15.5. The van der Waals surface area contributed by atoms with E-state index >= 15 is 0 Å². The van der Waals surface area contributed by atoms with Crippen molar-refractivity contribution in [3.63, 3.8) is 0 Å². The summed E-state index contributed by atoms with van der Waals surface area (Å²) in [4.78, 5) is 16.5. The number of nitrogens with zero attached hydrogens (tertiary/aromatic N) is 1. The van der Waals surface area contributed by atoms with Crippen molar-refractivity contribution in [1.29, 1.82) is 0 Å². The van der Waals surface area contributed by atoms with Crippen molar-refractivity contribution in [2.75, 3.05) is 13.2 Å². The highest BCUT2D eigenvalue weighted by Crippen LogP contribution is 2.35. The van der Waals surface area contributed by atoms with Crippen molar-refractivity contribution in [2.45, 2.75) is 46.2 Å². The molecule has 0 N–H and O–H groups in total. The van der Waals surface area contributed by atoms with E-state index in [1.165, 1.54) is 6.07 Å². The number of rotatable bonds is 4. The zero-order chi connectivity index (χ0) is 19.7. The van der Waals surface area contributed by atoms with Crippen LogP contribution in [0.25, 0.3) is 10.9 Å². The lowest BCUT2D eigenvalue weighted by Gasteiger charge is -2.23. The number of halogens is 3. The maximum absolute atomic E-state index is 12.5. The first-order chi connectivity index (χ1) is 11.9. The molecule has 0 fully saturated rings. The molecule has 2 aromatic rings. The van der Waals surface area contributed by atoms with Crippen LogP contribution in [0.4, 0.5) is 13.2 Å². The van der Waals surface area contributed by atoms with E-state index in [0.29, 0.717) is 22.0 Å². The Balaban J connectivity index is 2.64. The Bertz CT molecular complexity index is 823. The molecule has 0 spiro atoms. The second-order valence-electron chi connectivity index (χ2n) is 7.07. The van der Waals surface area contributed by atoms with E-state index in [0.717, 1.165) is 0 Å². The number of hydrogen-bond donors (Lipinski definition) is 0. The monoisotopic (exact) mass is 369 g/mol. The summed E-state index contributed by atoms with van der Waals surface area (Å²) < 4.78 is 47.4. The van der Waals surface area contributed by atoms with Crippen LogP contribution in [0.2, 0.25) is 0 Å². The molecule has 1 aromatic carbocycles. The minimum absolute atomic E-state index is 0.119. The van der Waals surface area contributed by atoms with E-state index in [4.69, 9.17) is 9.47 Å². The molecule has 0 saturated carbocycles. The molecule has 0 aliphatic heterocycles. The molecule has 1 heterocycles. The first-order valence-corrected chi connectivity index (χ1v) is 8.25. The van der Waals surface area contributed by atoms with Crippen LogP contribution in [0.3, 0.4) is 0 Å². The van der Waals surface area contributed by atoms with Gasteiger partial charge < -0.3 is 9.47 Å².